The summed E-state index contributed by atoms with van der Waals surface area (Å²) in [6, 6.07) is 6.21. The highest BCUT2D eigenvalue weighted by atomic mass is 35.5. The van der Waals surface area contributed by atoms with Crippen LogP contribution in [-0.4, -0.2) is 77.3 Å². The molecule has 1 atom stereocenters. The van der Waals surface area contributed by atoms with E-state index in [9.17, 15) is 26.7 Å². The molecule has 0 bridgehead atoms. The van der Waals surface area contributed by atoms with Crippen LogP contribution in [0.2, 0.25) is 5.02 Å². The minimum absolute atomic E-state index is 0.0233. The quantitative estimate of drug-likeness (QED) is 0.165. The number of allylic oxidation sites excluding steroid dienone is 1. The van der Waals surface area contributed by atoms with E-state index in [2.05, 4.69) is 37.1 Å². The van der Waals surface area contributed by atoms with Gasteiger partial charge in [-0.05, 0) is 44.0 Å². The van der Waals surface area contributed by atoms with Crippen molar-refractivity contribution in [1.29, 1.82) is 0 Å². The molecule has 2 aromatic heterocycles. The molecule has 3 aromatic rings. The van der Waals surface area contributed by atoms with Crippen LogP contribution in [0.4, 0.5) is 27.8 Å². The molecule has 47 heavy (non-hydrogen) atoms. The zero-order chi connectivity index (χ0) is 33.9. The zero-order valence-corrected chi connectivity index (χ0v) is 26.8. The topological polar surface area (TPSA) is 98.6 Å². The first-order chi connectivity index (χ1) is 22.3. The highest BCUT2D eigenvalue weighted by Gasteiger charge is 2.38. The Hall–Kier alpha value is -3.91. The number of hydrogen-bond donors (Lipinski definition) is 2. The van der Waals surface area contributed by atoms with E-state index < -0.39 is 42.7 Å². The van der Waals surface area contributed by atoms with Crippen molar-refractivity contribution in [3.8, 4) is 0 Å². The van der Waals surface area contributed by atoms with Gasteiger partial charge in [0.15, 0.2) is 0 Å². The van der Waals surface area contributed by atoms with Crippen molar-refractivity contribution in [1.82, 2.24) is 30.5 Å². The summed E-state index contributed by atoms with van der Waals surface area (Å²) in [5, 5.41) is 6.77. The molecule has 5 rings (SSSR count). The largest absolute Gasteiger partial charge is 0.451 e. The average Bonchev–Trinajstić information content (AvgIpc) is 3.03. The molecule has 0 saturated carbocycles. The number of halogens is 6. The highest BCUT2D eigenvalue weighted by molar-refractivity contribution is 6.35. The van der Waals surface area contributed by atoms with Crippen molar-refractivity contribution in [2.24, 2.45) is 10.9 Å². The monoisotopic (exact) mass is 678 g/mol. The minimum atomic E-state index is -4.74. The molecule has 1 unspecified atom stereocenters. The molecule has 252 valence electrons. The predicted octanol–water partition coefficient (Wildman–Crippen LogP) is 6.27. The standard InChI is InChI=1S/C32H36ClF5N8O/c1-19(2)43-28(39-3)20-8-12-46(13-9-20)26-7-4-22-24(44-26)6-5-23(33)27(22)29(47)40-18-25(45-14-10-31(34,35)11-15-45)21-16-41-30(42-17-21)32(36,37)38/h4-7,16-17,20,25H,1,8-15,18H2,2-3H3,(H,39,43)(H,40,47). The third-order valence-corrected chi connectivity index (χ3v) is 8.87. The van der Waals surface area contributed by atoms with Gasteiger partial charge >= 0.3 is 6.18 Å². The lowest BCUT2D eigenvalue weighted by atomic mass is 9.95. The van der Waals surface area contributed by atoms with Crippen LogP contribution in [0, 0.1) is 5.92 Å². The molecule has 2 aliphatic heterocycles. The first-order valence-corrected chi connectivity index (χ1v) is 15.7. The number of nitrogens with zero attached hydrogens (tertiary/aromatic N) is 6. The molecule has 2 saturated heterocycles. The Morgan fingerprint density at radius 1 is 1.11 bits per heavy atom. The summed E-state index contributed by atoms with van der Waals surface area (Å²) in [4.78, 5) is 33.6. The molecule has 4 heterocycles. The summed E-state index contributed by atoms with van der Waals surface area (Å²) >= 11 is 6.51. The molecule has 2 N–H and O–H groups in total. The number of piperidine rings is 2. The molecular weight excluding hydrogens is 643 g/mol. The zero-order valence-electron chi connectivity index (χ0n) is 26.0. The summed E-state index contributed by atoms with van der Waals surface area (Å²) < 4.78 is 67.1. The SMILES string of the molecule is C=C(C)NC(=NC)C1CCN(c2ccc3c(C(=O)NCC(c4cnc(C(F)(F)F)nc4)N4CCC(F)(F)CC4)c(Cl)ccc3n2)CC1. The number of carbonyl (C=O) groups excluding carboxylic acids is 1. The van der Waals surface area contributed by atoms with Crippen LogP contribution in [0.5, 0.6) is 0 Å². The van der Waals surface area contributed by atoms with Gasteiger partial charge in [-0.1, -0.05) is 18.2 Å². The van der Waals surface area contributed by atoms with Gasteiger partial charge in [-0.15, -0.1) is 0 Å². The van der Waals surface area contributed by atoms with Gasteiger partial charge in [-0.25, -0.2) is 23.7 Å². The molecular formula is C32H36ClF5N8O. The third-order valence-electron chi connectivity index (χ3n) is 8.56. The number of anilines is 1. The van der Waals surface area contributed by atoms with Gasteiger partial charge < -0.3 is 15.5 Å². The first kappa shape index (κ1) is 34.4. The van der Waals surface area contributed by atoms with Gasteiger partial charge in [0.1, 0.15) is 11.7 Å². The van der Waals surface area contributed by atoms with Crippen LogP contribution in [-0.2, 0) is 6.18 Å². The maximum atomic E-state index is 13.9. The van der Waals surface area contributed by atoms with E-state index in [0.29, 0.717) is 10.9 Å². The Morgan fingerprint density at radius 2 is 1.77 bits per heavy atom. The lowest BCUT2D eigenvalue weighted by molar-refractivity contribution is -0.145. The second-order valence-corrected chi connectivity index (χ2v) is 12.3. The van der Waals surface area contributed by atoms with Crippen molar-refractivity contribution in [2.75, 3.05) is 44.7 Å². The fourth-order valence-corrected chi connectivity index (χ4v) is 6.32. The maximum Gasteiger partial charge on any atom is 0.451 e. The maximum absolute atomic E-state index is 13.9. The average molecular weight is 679 g/mol. The predicted molar refractivity (Wildman–Crippen MR) is 171 cm³/mol. The number of fused-ring (bicyclic) bond motifs is 1. The summed E-state index contributed by atoms with van der Waals surface area (Å²) in [5.74, 6) is -2.73. The van der Waals surface area contributed by atoms with Crippen LogP contribution in [0.3, 0.4) is 0 Å². The molecule has 9 nitrogen and oxygen atoms in total. The van der Waals surface area contributed by atoms with Crippen molar-refractivity contribution in [3.63, 3.8) is 0 Å². The number of carbonyl (C=O) groups is 1. The van der Waals surface area contributed by atoms with E-state index in [-0.39, 0.29) is 41.7 Å². The van der Waals surface area contributed by atoms with Crippen molar-refractivity contribution >= 4 is 40.1 Å². The van der Waals surface area contributed by atoms with Crippen molar-refractivity contribution < 1.29 is 26.7 Å². The van der Waals surface area contributed by atoms with Crippen molar-refractivity contribution in [3.05, 3.63) is 70.9 Å². The normalized spacial score (nSPS) is 18.6. The number of benzene rings is 1. The lowest BCUT2D eigenvalue weighted by Gasteiger charge is -2.37. The molecule has 2 aliphatic rings. The Kier molecular flexibility index (Phi) is 10.3. The second-order valence-electron chi connectivity index (χ2n) is 11.9. The third kappa shape index (κ3) is 8.15. The van der Waals surface area contributed by atoms with Gasteiger partial charge in [0.25, 0.3) is 11.8 Å². The molecule has 2 fully saturated rings. The number of hydrogen-bond acceptors (Lipinski definition) is 7. The Bertz CT molecular complexity index is 1630. The van der Waals surface area contributed by atoms with Gasteiger partial charge in [-0.2, -0.15) is 13.2 Å². The fourth-order valence-electron chi connectivity index (χ4n) is 6.07. The van der Waals surface area contributed by atoms with E-state index in [1.165, 1.54) is 0 Å². The lowest BCUT2D eigenvalue weighted by Crippen LogP contribution is -2.45. The number of amidine groups is 1. The Balaban J connectivity index is 1.33. The van der Waals surface area contributed by atoms with E-state index in [4.69, 9.17) is 16.6 Å². The summed E-state index contributed by atoms with van der Waals surface area (Å²) in [5.41, 5.74) is 1.84. The van der Waals surface area contributed by atoms with E-state index in [0.717, 1.165) is 55.7 Å². The fraction of sp³-hybridized carbons (Fsp3) is 0.469. The minimum Gasteiger partial charge on any atom is -0.357 e. The Labute approximate surface area is 274 Å². The van der Waals surface area contributed by atoms with E-state index >= 15 is 0 Å². The number of pyridine rings is 1. The highest BCUT2D eigenvalue weighted by Crippen LogP contribution is 2.34. The molecule has 0 aliphatic carbocycles. The van der Waals surface area contributed by atoms with Gasteiger partial charge in [-0.3, -0.25) is 14.7 Å². The van der Waals surface area contributed by atoms with Crippen LogP contribution < -0.4 is 15.5 Å². The number of amides is 1. The first-order valence-electron chi connectivity index (χ1n) is 15.3. The smallest absolute Gasteiger partial charge is 0.357 e. The summed E-state index contributed by atoms with van der Waals surface area (Å²) in [7, 11) is 1.76. The molecule has 0 radical (unpaired) electrons. The van der Waals surface area contributed by atoms with Crippen LogP contribution >= 0.6 is 11.6 Å². The van der Waals surface area contributed by atoms with Crippen LogP contribution in [0.1, 0.15) is 60.4 Å². The van der Waals surface area contributed by atoms with Gasteiger partial charge in [0, 0.05) is 87.6 Å². The molecule has 15 heteroatoms. The Morgan fingerprint density at radius 3 is 2.36 bits per heavy atom. The van der Waals surface area contributed by atoms with E-state index in [1.807, 2.05) is 13.0 Å². The summed E-state index contributed by atoms with van der Waals surface area (Å²) in [6.45, 7) is 7.18. The molecule has 1 amide bonds. The van der Waals surface area contributed by atoms with Crippen LogP contribution in [0.15, 0.2) is 53.9 Å². The number of aliphatic imine (C=N–C) groups is 1. The van der Waals surface area contributed by atoms with Crippen molar-refractivity contribution in [2.45, 2.75) is 50.7 Å². The van der Waals surface area contributed by atoms with Crippen LogP contribution in [0.25, 0.3) is 10.9 Å². The molecule has 0 spiro atoms. The number of nitrogens with one attached hydrogen (secondary N) is 2. The number of alkyl halides is 5. The van der Waals surface area contributed by atoms with E-state index in [1.54, 1.807) is 30.1 Å². The summed E-state index contributed by atoms with van der Waals surface area (Å²) in [6.07, 6.45) is -1.78. The molecule has 1 aromatic carbocycles. The van der Waals surface area contributed by atoms with Gasteiger partial charge in [0.2, 0.25) is 5.82 Å². The number of likely N-dealkylation sites (tertiary alicyclic amines) is 1. The number of rotatable bonds is 8. The second kappa shape index (κ2) is 14.1. The van der Waals surface area contributed by atoms with Gasteiger partial charge in [0.05, 0.1) is 22.1 Å². The number of aromatic nitrogens is 3.